The highest BCUT2D eigenvalue weighted by Gasteiger charge is 2.07. The van der Waals surface area contributed by atoms with Gasteiger partial charge >= 0.3 is 0 Å². The highest BCUT2D eigenvalue weighted by molar-refractivity contribution is 5.30. The molecule has 0 fully saturated rings. The van der Waals surface area contributed by atoms with Gasteiger partial charge < -0.3 is 15.2 Å². The third-order valence-electron chi connectivity index (χ3n) is 3.28. The van der Waals surface area contributed by atoms with Gasteiger partial charge in [0.2, 0.25) is 0 Å². The average Bonchev–Trinajstić information content (AvgIpc) is 2.48. The molecule has 0 heterocycles. The molecule has 0 spiro atoms. The first kappa shape index (κ1) is 15.4. The quantitative estimate of drug-likeness (QED) is 0.840. The molecule has 0 amide bonds. The largest absolute Gasteiger partial charge is 0.494 e. The lowest BCUT2D eigenvalue weighted by molar-refractivity contribution is 0.298. The van der Waals surface area contributed by atoms with Crippen LogP contribution in [0.1, 0.15) is 30.5 Å². The van der Waals surface area contributed by atoms with E-state index in [0.29, 0.717) is 13.2 Å². The third-order valence-corrected chi connectivity index (χ3v) is 3.28. The molecule has 1 atom stereocenters. The first-order valence-electron chi connectivity index (χ1n) is 7.37. The van der Waals surface area contributed by atoms with Gasteiger partial charge in [-0.2, -0.15) is 0 Å². The summed E-state index contributed by atoms with van der Waals surface area (Å²) in [7, 11) is 0. The minimum absolute atomic E-state index is 0.0461. The van der Waals surface area contributed by atoms with Gasteiger partial charge in [0.25, 0.3) is 0 Å². The maximum absolute atomic E-state index is 6.22. The maximum atomic E-state index is 6.22. The Bertz CT molecular complexity index is 569. The van der Waals surface area contributed by atoms with Crippen molar-refractivity contribution in [2.75, 3.05) is 13.2 Å². The lowest BCUT2D eigenvalue weighted by Gasteiger charge is -2.14. The minimum atomic E-state index is -0.0461. The Hall–Kier alpha value is -2.00. The average molecular weight is 285 g/mol. The Balaban J connectivity index is 1.86. The molecule has 3 nitrogen and oxygen atoms in total. The van der Waals surface area contributed by atoms with Gasteiger partial charge in [0.1, 0.15) is 11.5 Å². The van der Waals surface area contributed by atoms with E-state index in [1.54, 1.807) is 0 Å². The molecule has 0 aliphatic heterocycles. The zero-order valence-corrected chi connectivity index (χ0v) is 12.7. The van der Waals surface area contributed by atoms with Crippen LogP contribution in [0, 0.1) is 6.92 Å². The highest BCUT2D eigenvalue weighted by atomic mass is 16.5. The predicted octanol–water partition coefficient (Wildman–Crippen LogP) is 3.86. The summed E-state index contributed by atoms with van der Waals surface area (Å²) in [5.41, 5.74) is 8.49. The van der Waals surface area contributed by atoms with E-state index in [4.69, 9.17) is 15.2 Å². The van der Waals surface area contributed by atoms with Crippen molar-refractivity contribution < 1.29 is 9.47 Å². The van der Waals surface area contributed by atoms with Crippen LogP contribution in [0.2, 0.25) is 0 Å². The summed E-state index contributed by atoms with van der Waals surface area (Å²) in [5.74, 6) is 1.76. The fourth-order valence-corrected chi connectivity index (χ4v) is 2.18. The summed E-state index contributed by atoms with van der Waals surface area (Å²) >= 11 is 0. The molecule has 0 bridgehead atoms. The van der Waals surface area contributed by atoms with Crippen LogP contribution in [0.5, 0.6) is 11.5 Å². The lowest BCUT2D eigenvalue weighted by atomic mass is 10.1. The summed E-state index contributed by atoms with van der Waals surface area (Å²) in [6.07, 6.45) is 0.767. The first-order valence-corrected chi connectivity index (χ1v) is 7.37. The molecule has 112 valence electrons. The monoisotopic (exact) mass is 285 g/mol. The summed E-state index contributed by atoms with van der Waals surface area (Å²) in [4.78, 5) is 0. The van der Waals surface area contributed by atoms with E-state index < -0.39 is 0 Å². The maximum Gasteiger partial charge on any atom is 0.119 e. The molecule has 1 unspecified atom stereocenters. The standard InChI is InChI=1S/C18H23NO2/c1-3-20-17-9-5-7-15(13-17)18(19)10-11-21-16-8-4-6-14(2)12-16/h4-9,12-13,18H,3,10-11,19H2,1-2H3. The highest BCUT2D eigenvalue weighted by Crippen LogP contribution is 2.21. The fourth-order valence-electron chi connectivity index (χ4n) is 2.18. The molecule has 3 heteroatoms. The second-order valence-electron chi connectivity index (χ2n) is 5.07. The van der Waals surface area contributed by atoms with E-state index in [-0.39, 0.29) is 6.04 Å². The molecule has 2 N–H and O–H groups in total. The van der Waals surface area contributed by atoms with Crippen LogP contribution in [-0.2, 0) is 0 Å². The smallest absolute Gasteiger partial charge is 0.119 e. The van der Waals surface area contributed by atoms with E-state index in [1.165, 1.54) is 5.56 Å². The number of hydrogen-bond acceptors (Lipinski definition) is 3. The van der Waals surface area contributed by atoms with Crippen LogP contribution in [0.4, 0.5) is 0 Å². The second-order valence-corrected chi connectivity index (χ2v) is 5.07. The zero-order chi connectivity index (χ0) is 15.1. The van der Waals surface area contributed by atoms with Gasteiger partial charge in [-0.3, -0.25) is 0 Å². The van der Waals surface area contributed by atoms with Crippen molar-refractivity contribution >= 4 is 0 Å². The van der Waals surface area contributed by atoms with Gasteiger partial charge in [0.05, 0.1) is 13.2 Å². The number of benzene rings is 2. The molecule has 0 aromatic heterocycles. The molecule has 0 saturated carbocycles. The Morgan fingerprint density at radius 2 is 1.71 bits per heavy atom. The van der Waals surface area contributed by atoms with Crippen LogP contribution in [0.25, 0.3) is 0 Å². The molecular weight excluding hydrogens is 262 g/mol. The number of nitrogens with two attached hydrogens (primary N) is 1. The van der Waals surface area contributed by atoms with Crippen molar-refractivity contribution in [1.29, 1.82) is 0 Å². The molecule has 2 aromatic carbocycles. The zero-order valence-electron chi connectivity index (χ0n) is 12.7. The van der Waals surface area contributed by atoms with Crippen molar-refractivity contribution in [1.82, 2.24) is 0 Å². The van der Waals surface area contributed by atoms with Crippen LogP contribution in [0.3, 0.4) is 0 Å². The van der Waals surface area contributed by atoms with Crippen molar-refractivity contribution in [2.45, 2.75) is 26.3 Å². The number of aryl methyl sites for hydroxylation is 1. The summed E-state index contributed by atoms with van der Waals surface area (Å²) in [6.45, 7) is 5.29. The van der Waals surface area contributed by atoms with Gasteiger partial charge in [-0.05, 0) is 49.2 Å². The Labute approximate surface area is 126 Å². The van der Waals surface area contributed by atoms with E-state index in [1.807, 2.05) is 49.4 Å². The third kappa shape index (κ3) is 4.80. The Morgan fingerprint density at radius 3 is 2.43 bits per heavy atom. The van der Waals surface area contributed by atoms with E-state index in [9.17, 15) is 0 Å². The summed E-state index contributed by atoms with van der Waals surface area (Å²) < 4.78 is 11.2. The van der Waals surface area contributed by atoms with Crippen LogP contribution in [0.15, 0.2) is 48.5 Å². The lowest BCUT2D eigenvalue weighted by Crippen LogP contribution is -2.14. The van der Waals surface area contributed by atoms with Gasteiger partial charge in [-0.15, -0.1) is 0 Å². The Kier molecular flexibility index (Phi) is 5.64. The van der Waals surface area contributed by atoms with Gasteiger partial charge in [-0.25, -0.2) is 0 Å². The fraction of sp³-hybridized carbons (Fsp3) is 0.333. The van der Waals surface area contributed by atoms with E-state index in [0.717, 1.165) is 23.5 Å². The SMILES string of the molecule is CCOc1cccc(C(N)CCOc2cccc(C)c2)c1. The van der Waals surface area contributed by atoms with Gasteiger partial charge in [-0.1, -0.05) is 24.3 Å². The molecular formula is C18H23NO2. The topological polar surface area (TPSA) is 44.5 Å². The Morgan fingerprint density at radius 1 is 1.00 bits per heavy atom. The van der Waals surface area contributed by atoms with E-state index >= 15 is 0 Å². The normalized spacial score (nSPS) is 12.0. The number of ether oxygens (including phenoxy) is 2. The molecule has 21 heavy (non-hydrogen) atoms. The predicted molar refractivity (Wildman–Crippen MR) is 85.8 cm³/mol. The molecule has 0 saturated heterocycles. The molecule has 2 aromatic rings. The molecule has 0 aliphatic rings. The van der Waals surface area contributed by atoms with Gasteiger partial charge in [0.15, 0.2) is 0 Å². The summed E-state index contributed by atoms with van der Waals surface area (Å²) in [5, 5.41) is 0. The summed E-state index contributed by atoms with van der Waals surface area (Å²) in [6, 6.07) is 15.9. The molecule has 2 rings (SSSR count). The molecule has 0 radical (unpaired) electrons. The number of hydrogen-bond donors (Lipinski definition) is 1. The minimum Gasteiger partial charge on any atom is -0.494 e. The van der Waals surface area contributed by atoms with E-state index in [2.05, 4.69) is 13.0 Å². The van der Waals surface area contributed by atoms with Crippen LogP contribution in [-0.4, -0.2) is 13.2 Å². The number of rotatable bonds is 7. The van der Waals surface area contributed by atoms with Crippen molar-refractivity contribution in [3.8, 4) is 11.5 Å². The second kappa shape index (κ2) is 7.70. The van der Waals surface area contributed by atoms with Crippen LogP contribution < -0.4 is 15.2 Å². The first-order chi connectivity index (χ1) is 10.2. The van der Waals surface area contributed by atoms with Crippen LogP contribution >= 0.6 is 0 Å². The van der Waals surface area contributed by atoms with Crippen molar-refractivity contribution in [3.63, 3.8) is 0 Å². The van der Waals surface area contributed by atoms with Crippen molar-refractivity contribution in [2.24, 2.45) is 5.73 Å². The van der Waals surface area contributed by atoms with Gasteiger partial charge in [0, 0.05) is 12.5 Å². The molecule has 0 aliphatic carbocycles. The van der Waals surface area contributed by atoms with Crippen molar-refractivity contribution in [3.05, 3.63) is 59.7 Å².